The number of hydrogen-bond acceptors (Lipinski definition) is 8. The Morgan fingerprint density at radius 3 is 2.57 bits per heavy atom. The molecule has 3 aromatic rings. The second-order valence-corrected chi connectivity index (χ2v) is 12.8. The number of halogens is 4. The number of H-pyrrole nitrogens is 1. The number of aromatic amines is 1. The fourth-order valence-corrected chi connectivity index (χ4v) is 8.32. The number of thiazole rings is 1. The maximum absolute atomic E-state index is 14.0. The van der Waals surface area contributed by atoms with Gasteiger partial charge in [-0.05, 0) is 30.3 Å². The third-order valence-corrected chi connectivity index (χ3v) is 10.2. The van der Waals surface area contributed by atoms with Gasteiger partial charge in [0, 0.05) is 33.9 Å². The lowest BCUT2D eigenvalue weighted by atomic mass is 9.82. The highest BCUT2D eigenvalue weighted by Crippen LogP contribution is 2.55. The molecule has 0 saturated carbocycles. The standard InChI is InChI=1S/C27H21BrF3N3O6S2/c28-13-5-6-17(40-12-18(35)33-7-9-39-10-8-33)14(11-13)19-20-22(41-23-21(19)42-26(38)32-23)25(37)34(24(20)36)16-4-2-1-3-15(16)27(29,30)31/h1-6,11,19-20,22H,7-10,12H2,(H,32,38)/t19-,20?,22?/m1/s1. The van der Waals surface area contributed by atoms with Crippen LogP contribution in [0, 0.1) is 5.92 Å². The Balaban J connectivity index is 1.41. The molecule has 2 saturated heterocycles. The summed E-state index contributed by atoms with van der Waals surface area (Å²) in [5.41, 5.74) is -1.24. The minimum Gasteiger partial charge on any atom is -0.483 e. The molecule has 0 radical (unpaired) electrons. The fourth-order valence-electron chi connectivity index (χ4n) is 5.44. The average Bonchev–Trinajstić information content (AvgIpc) is 3.46. The number of anilines is 1. The van der Waals surface area contributed by atoms with Gasteiger partial charge in [0.1, 0.15) is 11.0 Å². The summed E-state index contributed by atoms with van der Waals surface area (Å²) in [6.07, 6.45) is -4.81. The number of rotatable bonds is 5. The number of aromatic nitrogens is 1. The van der Waals surface area contributed by atoms with Crippen LogP contribution in [-0.2, 0) is 25.3 Å². The van der Waals surface area contributed by atoms with Crippen LogP contribution in [0.2, 0.25) is 0 Å². The van der Waals surface area contributed by atoms with Gasteiger partial charge in [0.25, 0.3) is 5.91 Å². The molecule has 1 aromatic heterocycles. The molecule has 3 aliphatic rings. The molecule has 6 rings (SSSR count). The summed E-state index contributed by atoms with van der Waals surface area (Å²) in [4.78, 5) is 57.9. The Labute approximate surface area is 253 Å². The Hall–Kier alpha value is -3.14. The van der Waals surface area contributed by atoms with Gasteiger partial charge in [0.2, 0.25) is 11.8 Å². The van der Waals surface area contributed by atoms with E-state index in [0.29, 0.717) is 51.1 Å². The number of thioether (sulfide) groups is 1. The number of imide groups is 1. The summed E-state index contributed by atoms with van der Waals surface area (Å²) >= 11 is 5.24. The topological polar surface area (TPSA) is 109 Å². The lowest BCUT2D eigenvalue weighted by Crippen LogP contribution is -2.43. The molecule has 2 fully saturated rings. The molecule has 9 nitrogen and oxygen atoms in total. The Morgan fingerprint density at radius 2 is 1.83 bits per heavy atom. The molecular formula is C27H21BrF3N3O6S2. The molecule has 4 heterocycles. The molecule has 0 bridgehead atoms. The van der Waals surface area contributed by atoms with Gasteiger partial charge < -0.3 is 19.4 Å². The van der Waals surface area contributed by atoms with E-state index in [1.165, 1.54) is 12.1 Å². The highest BCUT2D eigenvalue weighted by molar-refractivity contribution is 9.10. The molecule has 2 unspecified atom stereocenters. The maximum atomic E-state index is 14.0. The number of para-hydroxylation sites is 1. The van der Waals surface area contributed by atoms with E-state index < -0.39 is 51.2 Å². The van der Waals surface area contributed by atoms with Gasteiger partial charge in [-0.2, -0.15) is 13.2 Å². The number of carbonyl (C=O) groups is 3. The minimum absolute atomic E-state index is 0.247. The normalized spacial score (nSPS) is 22.2. The van der Waals surface area contributed by atoms with Crippen LogP contribution in [-0.4, -0.2) is 65.8 Å². The lowest BCUT2D eigenvalue weighted by Gasteiger charge is -2.31. The Kier molecular flexibility index (Phi) is 7.70. The van der Waals surface area contributed by atoms with E-state index >= 15 is 0 Å². The first-order chi connectivity index (χ1) is 20.0. The number of benzene rings is 2. The van der Waals surface area contributed by atoms with Gasteiger partial charge in [-0.3, -0.25) is 19.2 Å². The third-order valence-electron chi connectivity index (χ3n) is 7.30. The zero-order valence-corrected chi connectivity index (χ0v) is 24.7. The van der Waals surface area contributed by atoms with Gasteiger partial charge >= 0.3 is 11.0 Å². The molecule has 3 aliphatic heterocycles. The number of amides is 3. The van der Waals surface area contributed by atoms with E-state index in [0.717, 1.165) is 35.2 Å². The Morgan fingerprint density at radius 1 is 1.10 bits per heavy atom. The van der Waals surface area contributed by atoms with E-state index in [4.69, 9.17) is 9.47 Å². The third kappa shape index (κ3) is 5.16. The van der Waals surface area contributed by atoms with Crippen LogP contribution in [0.3, 0.4) is 0 Å². The van der Waals surface area contributed by atoms with Crippen molar-refractivity contribution in [2.24, 2.45) is 5.92 Å². The first-order valence-electron chi connectivity index (χ1n) is 12.8. The van der Waals surface area contributed by atoms with Crippen LogP contribution in [0.1, 0.15) is 21.9 Å². The molecule has 1 N–H and O–H groups in total. The van der Waals surface area contributed by atoms with Crippen LogP contribution in [0.15, 0.2) is 56.8 Å². The van der Waals surface area contributed by atoms with Gasteiger partial charge in [0.15, 0.2) is 6.61 Å². The summed E-state index contributed by atoms with van der Waals surface area (Å²) in [7, 11) is 0. The molecule has 0 spiro atoms. The van der Waals surface area contributed by atoms with E-state index in [9.17, 15) is 32.3 Å². The lowest BCUT2D eigenvalue weighted by molar-refractivity contribution is -0.138. The van der Waals surface area contributed by atoms with Crippen LogP contribution >= 0.6 is 39.0 Å². The van der Waals surface area contributed by atoms with Crippen molar-refractivity contribution in [1.82, 2.24) is 9.88 Å². The van der Waals surface area contributed by atoms with Gasteiger partial charge in [-0.15, -0.1) is 0 Å². The summed E-state index contributed by atoms with van der Waals surface area (Å²) < 4.78 is 53.6. The van der Waals surface area contributed by atoms with Crippen molar-refractivity contribution in [3.05, 3.63) is 72.6 Å². The molecule has 2 aromatic carbocycles. The fraction of sp³-hybridized carbons (Fsp3) is 0.333. The predicted octanol–water partition coefficient (Wildman–Crippen LogP) is 4.25. The summed E-state index contributed by atoms with van der Waals surface area (Å²) in [5.74, 6) is -3.71. The summed E-state index contributed by atoms with van der Waals surface area (Å²) in [6.45, 7) is 1.37. The van der Waals surface area contributed by atoms with E-state index in [1.807, 2.05) is 0 Å². The molecule has 3 atom stereocenters. The molecule has 3 amide bonds. The quantitative estimate of drug-likeness (QED) is 0.401. The van der Waals surface area contributed by atoms with Crippen molar-refractivity contribution in [2.75, 3.05) is 37.8 Å². The van der Waals surface area contributed by atoms with Crippen molar-refractivity contribution in [3.8, 4) is 5.75 Å². The molecule has 220 valence electrons. The molecular weight excluding hydrogens is 663 g/mol. The number of carbonyl (C=O) groups excluding carboxylic acids is 3. The first kappa shape index (κ1) is 29.0. The highest BCUT2D eigenvalue weighted by atomic mass is 79.9. The minimum atomic E-state index is -4.81. The van der Waals surface area contributed by atoms with E-state index in [-0.39, 0.29) is 18.3 Å². The van der Waals surface area contributed by atoms with Crippen molar-refractivity contribution >= 4 is 62.4 Å². The van der Waals surface area contributed by atoms with Crippen molar-refractivity contribution in [1.29, 1.82) is 0 Å². The zero-order chi connectivity index (χ0) is 29.8. The van der Waals surface area contributed by atoms with Gasteiger partial charge in [0.05, 0.1) is 35.4 Å². The number of nitrogens with one attached hydrogen (secondary N) is 1. The van der Waals surface area contributed by atoms with Crippen molar-refractivity contribution < 1.29 is 37.0 Å². The van der Waals surface area contributed by atoms with Gasteiger partial charge in [-0.25, -0.2) is 4.90 Å². The SMILES string of the molecule is O=C(COc1ccc(Br)cc1[C@H]1c2sc(=O)[nH]c2SC2C(=O)N(c3ccccc3C(F)(F)F)C(=O)C21)N1CCOCC1. The first-order valence-corrected chi connectivity index (χ1v) is 15.2. The highest BCUT2D eigenvalue weighted by Gasteiger charge is 2.57. The second-order valence-electron chi connectivity index (χ2n) is 9.74. The second kappa shape index (κ2) is 11.2. The predicted molar refractivity (Wildman–Crippen MR) is 151 cm³/mol. The Bertz CT molecular complexity index is 1640. The number of fused-ring (bicyclic) bond motifs is 2. The number of hydrogen-bond donors (Lipinski definition) is 1. The monoisotopic (exact) mass is 683 g/mol. The van der Waals surface area contributed by atoms with Crippen molar-refractivity contribution in [2.45, 2.75) is 22.4 Å². The van der Waals surface area contributed by atoms with Crippen molar-refractivity contribution in [3.63, 3.8) is 0 Å². The van der Waals surface area contributed by atoms with Crippen LogP contribution in [0.4, 0.5) is 18.9 Å². The number of ether oxygens (including phenoxy) is 2. The summed E-state index contributed by atoms with van der Waals surface area (Å²) in [5, 5.41) is -0.748. The molecule has 15 heteroatoms. The van der Waals surface area contributed by atoms with Gasteiger partial charge in [-0.1, -0.05) is 51.2 Å². The molecule has 42 heavy (non-hydrogen) atoms. The largest absolute Gasteiger partial charge is 0.483 e. The number of morpholine rings is 1. The zero-order valence-electron chi connectivity index (χ0n) is 21.5. The van der Waals surface area contributed by atoms with Crippen LogP contribution in [0.25, 0.3) is 0 Å². The van der Waals surface area contributed by atoms with E-state index in [2.05, 4.69) is 20.9 Å². The smallest absolute Gasteiger partial charge is 0.418 e. The summed E-state index contributed by atoms with van der Waals surface area (Å²) in [6, 6.07) is 9.40. The van der Waals surface area contributed by atoms with E-state index in [1.54, 1.807) is 23.1 Å². The maximum Gasteiger partial charge on any atom is 0.418 e. The van der Waals surface area contributed by atoms with Crippen LogP contribution < -0.4 is 14.5 Å². The number of nitrogens with zero attached hydrogens (tertiary/aromatic N) is 2. The average molecular weight is 685 g/mol. The van der Waals surface area contributed by atoms with Crippen LogP contribution in [0.5, 0.6) is 5.75 Å². The molecule has 0 aliphatic carbocycles. The number of alkyl halides is 3.